The summed E-state index contributed by atoms with van der Waals surface area (Å²) in [5.74, 6) is -1.21. The zero-order valence-corrected chi connectivity index (χ0v) is 13.4. The highest BCUT2D eigenvalue weighted by molar-refractivity contribution is 6.10. The van der Waals surface area contributed by atoms with Crippen molar-refractivity contribution in [2.45, 2.75) is 56.8 Å². The molecule has 3 aliphatic heterocycles. The Morgan fingerprint density at radius 1 is 1.21 bits per heavy atom. The molecule has 3 rings (SSSR count). The highest BCUT2D eigenvalue weighted by Gasteiger charge is 2.61. The van der Waals surface area contributed by atoms with Gasteiger partial charge >= 0.3 is 12.2 Å². The van der Waals surface area contributed by atoms with E-state index in [4.69, 9.17) is 0 Å². The van der Waals surface area contributed by atoms with Gasteiger partial charge in [0.15, 0.2) is 0 Å². The summed E-state index contributed by atoms with van der Waals surface area (Å²) >= 11 is 0. The molecule has 2 unspecified atom stereocenters. The quantitative estimate of drug-likeness (QED) is 0.728. The van der Waals surface area contributed by atoms with Gasteiger partial charge in [-0.3, -0.25) is 9.59 Å². The molecule has 9 heteroatoms. The lowest BCUT2D eigenvalue weighted by molar-refractivity contribution is -0.159. The van der Waals surface area contributed by atoms with Crippen LogP contribution >= 0.6 is 0 Å². The molecule has 134 valence electrons. The summed E-state index contributed by atoms with van der Waals surface area (Å²) < 4.78 is 37.6. The molecule has 0 bridgehead atoms. The van der Waals surface area contributed by atoms with Crippen molar-refractivity contribution in [3.8, 4) is 0 Å². The fourth-order valence-corrected chi connectivity index (χ4v) is 4.21. The first kappa shape index (κ1) is 17.0. The van der Waals surface area contributed by atoms with E-state index in [1.165, 1.54) is 4.90 Å². The van der Waals surface area contributed by atoms with Gasteiger partial charge in [0.25, 0.3) is 5.91 Å². The summed E-state index contributed by atoms with van der Waals surface area (Å²) in [5.41, 5.74) is -0.899. The second-order valence-corrected chi connectivity index (χ2v) is 6.67. The third kappa shape index (κ3) is 2.44. The number of hydrogen-bond donors (Lipinski definition) is 0. The maximum atomic E-state index is 12.9. The van der Waals surface area contributed by atoms with Crippen LogP contribution < -0.4 is 0 Å². The second kappa shape index (κ2) is 5.63. The Morgan fingerprint density at radius 2 is 1.92 bits per heavy atom. The average molecular weight is 347 g/mol. The van der Waals surface area contributed by atoms with Crippen LogP contribution in [0.15, 0.2) is 0 Å². The molecule has 6 nitrogen and oxygen atoms in total. The maximum absolute atomic E-state index is 12.9. The largest absolute Gasteiger partial charge is 0.406 e. The van der Waals surface area contributed by atoms with Gasteiger partial charge in [-0.15, -0.1) is 0 Å². The number of carbonyl (C=O) groups is 3. The number of hydrogen-bond acceptors (Lipinski definition) is 3. The highest BCUT2D eigenvalue weighted by atomic mass is 19.4. The minimum atomic E-state index is -4.49. The van der Waals surface area contributed by atoms with Gasteiger partial charge in [0.05, 0.1) is 0 Å². The predicted octanol–water partition coefficient (Wildman–Crippen LogP) is 1.75. The average Bonchev–Trinajstić information content (AvgIpc) is 3.09. The van der Waals surface area contributed by atoms with Crippen LogP contribution in [0.2, 0.25) is 0 Å². The van der Waals surface area contributed by atoms with E-state index in [-0.39, 0.29) is 13.0 Å². The molecule has 3 aliphatic rings. The van der Waals surface area contributed by atoms with Crippen LogP contribution in [-0.2, 0) is 9.59 Å². The van der Waals surface area contributed by atoms with E-state index in [0.29, 0.717) is 30.7 Å². The molecule has 0 aromatic heterocycles. The van der Waals surface area contributed by atoms with Crippen LogP contribution in [-0.4, -0.2) is 69.9 Å². The number of alkyl halides is 3. The normalized spacial score (nSPS) is 30.8. The molecule has 0 aromatic carbocycles. The number of fused-ring (bicyclic) bond motifs is 1. The van der Waals surface area contributed by atoms with E-state index in [1.54, 1.807) is 0 Å². The van der Waals surface area contributed by atoms with E-state index < -0.39 is 42.1 Å². The van der Waals surface area contributed by atoms with Gasteiger partial charge in [0.1, 0.15) is 18.1 Å². The van der Waals surface area contributed by atoms with Crippen molar-refractivity contribution in [1.82, 2.24) is 14.7 Å². The first-order chi connectivity index (χ1) is 11.2. The zero-order valence-electron chi connectivity index (χ0n) is 13.4. The topological polar surface area (TPSA) is 60.9 Å². The van der Waals surface area contributed by atoms with Crippen LogP contribution in [0.5, 0.6) is 0 Å². The lowest BCUT2D eigenvalue weighted by Gasteiger charge is -2.27. The first-order valence-electron chi connectivity index (χ1n) is 8.22. The van der Waals surface area contributed by atoms with E-state index in [2.05, 4.69) is 0 Å². The Morgan fingerprint density at radius 3 is 2.54 bits per heavy atom. The van der Waals surface area contributed by atoms with Crippen LogP contribution in [0.25, 0.3) is 0 Å². The van der Waals surface area contributed by atoms with Crippen LogP contribution in [0.3, 0.4) is 0 Å². The van der Waals surface area contributed by atoms with Gasteiger partial charge in [-0.2, -0.15) is 13.2 Å². The molecule has 3 fully saturated rings. The Balaban J connectivity index is 1.82. The Kier molecular flexibility index (Phi) is 4.00. The molecule has 0 saturated carbocycles. The number of imide groups is 1. The molecule has 0 aromatic rings. The van der Waals surface area contributed by atoms with Gasteiger partial charge in [0, 0.05) is 13.1 Å². The molecule has 0 aliphatic carbocycles. The van der Waals surface area contributed by atoms with E-state index in [1.807, 2.05) is 6.92 Å². The fourth-order valence-electron chi connectivity index (χ4n) is 4.21. The van der Waals surface area contributed by atoms with Crippen LogP contribution in [0.1, 0.15) is 39.0 Å². The van der Waals surface area contributed by atoms with Crippen molar-refractivity contribution in [3.05, 3.63) is 0 Å². The highest BCUT2D eigenvalue weighted by Crippen LogP contribution is 2.42. The minimum Gasteiger partial charge on any atom is -0.332 e. The van der Waals surface area contributed by atoms with Gasteiger partial charge in [-0.05, 0) is 25.7 Å². The molecule has 3 saturated heterocycles. The number of nitrogens with zero attached hydrogens (tertiary/aromatic N) is 3. The smallest absolute Gasteiger partial charge is 0.332 e. The lowest BCUT2D eigenvalue weighted by Crippen LogP contribution is -2.49. The SMILES string of the molecule is CCCC12CCCN1C(=O)N(C1CCN(CC(F)(F)F)C1=O)C2=O. The Hall–Kier alpha value is -1.80. The summed E-state index contributed by atoms with van der Waals surface area (Å²) in [5, 5.41) is 0. The number of carbonyl (C=O) groups excluding carboxylic acids is 3. The van der Waals surface area contributed by atoms with Gasteiger partial charge in [-0.1, -0.05) is 13.3 Å². The number of amides is 4. The molecule has 0 spiro atoms. The van der Waals surface area contributed by atoms with Crippen molar-refractivity contribution in [2.24, 2.45) is 0 Å². The fraction of sp³-hybridized carbons (Fsp3) is 0.800. The molecule has 0 radical (unpaired) electrons. The number of rotatable bonds is 4. The van der Waals surface area contributed by atoms with E-state index in [9.17, 15) is 27.6 Å². The third-order valence-electron chi connectivity index (χ3n) is 5.16. The van der Waals surface area contributed by atoms with Crippen LogP contribution in [0, 0.1) is 0 Å². The minimum absolute atomic E-state index is 0.0580. The molecule has 2 atom stereocenters. The Labute approximate surface area is 137 Å². The van der Waals surface area contributed by atoms with Crippen molar-refractivity contribution in [3.63, 3.8) is 0 Å². The summed E-state index contributed by atoms with van der Waals surface area (Å²) in [6, 6.07) is -1.63. The standard InChI is InChI=1S/C15H20F3N3O3/c1-2-5-14-6-3-7-20(14)13(24)21(12(14)23)10-4-8-19(11(10)22)9-15(16,17)18/h10H,2-9H2,1H3. The Bertz CT molecular complexity index is 580. The maximum Gasteiger partial charge on any atom is 0.406 e. The molecule has 0 N–H and O–H groups in total. The van der Waals surface area contributed by atoms with E-state index in [0.717, 1.165) is 11.3 Å². The number of likely N-dealkylation sites (tertiary alicyclic amines) is 1. The predicted molar refractivity (Wildman–Crippen MR) is 76.9 cm³/mol. The first-order valence-corrected chi connectivity index (χ1v) is 8.22. The third-order valence-corrected chi connectivity index (χ3v) is 5.16. The van der Waals surface area contributed by atoms with Gasteiger partial charge < -0.3 is 9.80 Å². The summed E-state index contributed by atoms with van der Waals surface area (Å²) in [7, 11) is 0. The van der Waals surface area contributed by atoms with Crippen molar-refractivity contribution < 1.29 is 27.6 Å². The zero-order chi connectivity index (χ0) is 17.7. The number of halogens is 3. The lowest BCUT2D eigenvalue weighted by atomic mass is 9.90. The molecule has 4 amide bonds. The van der Waals surface area contributed by atoms with Crippen molar-refractivity contribution >= 4 is 17.8 Å². The van der Waals surface area contributed by atoms with Crippen molar-refractivity contribution in [1.29, 1.82) is 0 Å². The summed E-state index contributed by atoms with van der Waals surface area (Å²) in [6.45, 7) is 0.926. The van der Waals surface area contributed by atoms with Gasteiger partial charge in [0.2, 0.25) is 5.91 Å². The summed E-state index contributed by atoms with van der Waals surface area (Å²) in [4.78, 5) is 41.0. The summed E-state index contributed by atoms with van der Waals surface area (Å²) in [6.07, 6.45) is -1.93. The van der Waals surface area contributed by atoms with E-state index >= 15 is 0 Å². The van der Waals surface area contributed by atoms with Crippen molar-refractivity contribution in [2.75, 3.05) is 19.6 Å². The molecular weight excluding hydrogens is 327 g/mol. The van der Waals surface area contributed by atoms with Crippen LogP contribution in [0.4, 0.5) is 18.0 Å². The monoisotopic (exact) mass is 347 g/mol. The molecule has 24 heavy (non-hydrogen) atoms. The molecule has 3 heterocycles. The van der Waals surface area contributed by atoms with Gasteiger partial charge in [-0.25, -0.2) is 9.69 Å². The molecular formula is C15H20F3N3O3. The number of urea groups is 1. The second-order valence-electron chi connectivity index (χ2n) is 6.67.